The lowest BCUT2D eigenvalue weighted by atomic mass is 9.46. The van der Waals surface area contributed by atoms with Crippen molar-refractivity contribution in [3.63, 3.8) is 0 Å². The number of aliphatic hydroxyl groups excluding tert-OH is 1. The first-order chi connectivity index (χ1) is 13.6. The molecule has 4 aliphatic rings. The standard InChI is InChI=1S/C24H36O4S/c1-15(25)29-13-9-21(27)24(28)12-8-20-18-5-4-16-14-17(26)6-10-22(16,2)19(18)7-11-23(20,24)3/h4,17-20,26,28H,5-14H2,1-3H3. The van der Waals surface area contributed by atoms with Crippen molar-refractivity contribution < 1.29 is 19.8 Å². The molecule has 0 aromatic heterocycles. The molecule has 162 valence electrons. The second kappa shape index (κ2) is 7.49. The van der Waals surface area contributed by atoms with E-state index in [2.05, 4.69) is 19.9 Å². The van der Waals surface area contributed by atoms with Gasteiger partial charge in [-0.2, -0.15) is 0 Å². The lowest BCUT2D eigenvalue weighted by Gasteiger charge is -2.58. The van der Waals surface area contributed by atoms with Crippen LogP contribution in [0.25, 0.3) is 0 Å². The Morgan fingerprint density at radius 3 is 2.59 bits per heavy atom. The molecule has 7 atom stereocenters. The van der Waals surface area contributed by atoms with Gasteiger partial charge in [-0.3, -0.25) is 9.59 Å². The van der Waals surface area contributed by atoms with Crippen LogP contribution in [0.1, 0.15) is 78.6 Å². The van der Waals surface area contributed by atoms with Crippen molar-refractivity contribution in [2.45, 2.75) is 90.3 Å². The number of rotatable bonds is 4. The van der Waals surface area contributed by atoms with E-state index >= 15 is 0 Å². The van der Waals surface area contributed by atoms with Gasteiger partial charge in [0.2, 0.25) is 0 Å². The minimum Gasteiger partial charge on any atom is -0.393 e. The Kier molecular flexibility index (Phi) is 5.57. The number of allylic oxidation sites excluding steroid dienone is 1. The van der Waals surface area contributed by atoms with E-state index in [1.165, 1.54) is 24.3 Å². The molecule has 3 fully saturated rings. The highest BCUT2D eigenvalue weighted by Gasteiger charge is 2.65. The van der Waals surface area contributed by atoms with E-state index in [0.717, 1.165) is 44.9 Å². The van der Waals surface area contributed by atoms with E-state index < -0.39 is 5.60 Å². The van der Waals surface area contributed by atoms with Gasteiger partial charge in [-0.05, 0) is 74.5 Å². The highest BCUT2D eigenvalue weighted by molar-refractivity contribution is 8.13. The van der Waals surface area contributed by atoms with Gasteiger partial charge in [0.25, 0.3) is 0 Å². The summed E-state index contributed by atoms with van der Waals surface area (Å²) < 4.78 is 0. The number of ketones is 1. The monoisotopic (exact) mass is 420 g/mol. The van der Waals surface area contributed by atoms with E-state index in [4.69, 9.17) is 0 Å². The van der Waals surface area contributed by atoms with Crippen LogP contribution in [0.3, 0.4) is 0 Å². The Morgan fingerprint density at radius 2 is 1.86 bits per heavy atom. The molecule has 0 amide bonds. The molecule has 4 rings (SSSR count). The smallest absolute Gasteiger partial charge is 0.185 e. The van der Waals surface area contributed by atoms with E-state index in [1.54, 1.807) is 0 Å². The molecule has 29 heavy (non-hydrogen) atoms. The average Bonchev–Trinajstić information content (AvgIpc) is 2.94. The molecule has 0 aliphatic heterocycles. The van der Waals surface area contributed by atoms with Gasteiger partial charge >= 0.3 is 0 Å². The lowest BCUT2D eigenvalue weighted by molar-refractivity contribution is -0.161. The third-order valence-corrected chi connectivity index (χ3v) is 10.1. The topological polar surface area (TPSA) is 74.6 Å². The van der Waals surface area contributed by atoms with E-state index in [0.29, 0.717) is 29.9 Å². The van der Waals surface area contributed by atoms with Crippen LogP contribution in [0.5, 0.6) is 0 Å². The molecule has 5 heteroatoms. The zero-order chi connectivity index (χ0) is 21.0. The molecular formula is C24H36O4S. The van der Waals surface area contributed by atoms with E-state index in [-0.39, 0.29) is 34.3 Å². The molecule has 0 aromatic rings. The fourth-order valence-corrected chi connectivity index (χ4v) is 8.18. The maximum Gasteiger partial charge on any atom is 0.185 e. The number of aliphatic hydroxyl groups is 2. The zero-order valence-electron chi connectivity index (χ0n) is 18.1. The van der Waals surface area contributed by atoms with Gasteiger partial charge in [-0.1, -0.05) is 37.3 Å². The Hall–Kier alpha value is -0.650. The third kappa shape index (κ3) is 3.27. The SMILES string of the molecule is CC(=O)SCCC(=O)C1(O)CCC2C3CC=C4CC(O)CCC4(C)C3CCC21C. The minimum absolute atomic E-state index is 0.0245. The summed E-state index contributed by atoms with van der Waals surface area (Å²) in [6.07, 6.45) is 9.67. The predicted octanol–water partition coefficient (Wildman–Crippen LogP) is 4.28. The van der Waals surface area contributed by atoms with Crippen LogP contribution in [0, 0.1) is 28.6 Å². The highest BCUT2D eigenvalue weighted by Crippen LogP contribution is 2.67. The first-order valence-electron chi connectivity index (χ1n) is 11.4. The lowest BCUT2D eigenvalue weighted by Crippen LogP contribution is -2.57. The summed E-state index contributed by atoms with van der Waals surface area (Å²) in [6.45, 7) is 6.08. The molecule has 0 heterocycles. The normalized spacial score (nSPS) is 46.3. The number of thioether (sulfide) groups is 1. The summed E-state index contributed by atoms with van der Waals surface area (Å²) in [6, 6.07) is 0. The average molecular weight is 421 g/mol. The number of Topliss-reactive ketones (excluding diaryl/α,β-unsaturated/α-hetero) is 1. The van der Waals surface area contributed by atoms with Gasteiger partial charge in [0, 0.05) is 24.5 Å². The van der Waals surface area contributed by atoms with Crippen molar-refractivity contribution in [3.8, 4) is 0 Å². The minimum atomic E-state index is -1.24. The van der Waals surface area contributed by atoms with Crippen molar-refractivity contribution in [2.75, 3.05) is 5.75 Å². The van der Waals surface area contributed by atoms with Crippen molar-refractivity contribution in [1.29, 1.82) is 0 Å². The summed E-state index contributed by atoms with van der Waals surface area (Å²) in [5.41, 5.74) is 0.0221. The van der Waals surface area contributed by atoms with Crippen molar-refractivity contribution in [2.24, 2.45) is 28.6 Å². The van der Waals surface area contributed by atoms with Crippen LogP contribution in [0.15, 0.2) is 11.6 Å². The second-order valence-corrected chi connectivity index (χ2v) is 11.8. The van der Waals surface area contributed by atoms with Crippen molar-refractivity contribution in [3.05, 3.63) is 11.6 Å². The van der Waals surface area contributed by atoms with Crippen molar-refractivity contribution >= 4 is 22.7 Å². The summed E-state index contributed by atoms with van der Waals surface area (Å²) in [5, 5.41) is 21.8. The van der Waals surface area contributed by atoms with Gasteiger partial charge in [-0.15, -0.1) is 0 Å². The van der Waals surface area contributed by atoms with Crippen LogP contribution >= 0.6 is 11.8 Å². The molecule has 0 radical (unpaired) electrons. The number of hydrogen-bond acceptors (Lipinski definition) is 5. The summed E-state index contributed by atoms with van der Waals surface area (Å²) in [4.78, 5) is 24.3. The Morgan fingerprint density at radius 1 is 1.14 bits per heavy atom. The van der Waals surface area contributed by atoms with Crippen LogP contribution in [0.2, 0.25) is 0 Å². The Bertz CT molecular complexity index is 732. The molecule has 4 aliphatic carbocycles. The molecule has 0 spiro atoms. The summed E-state index contributed by atoms with van der Waals surface area (Å²) in [5.74, 6) is 1.89. The molecule has 7 unspecified atom stereocenters. The van der Waals surface area contributed by atoms with Crippen LogP contribution in [-0.2, 0) is 9.59 Å². The van der Waals surface area contributed by atoms with E-state index in [9.17, 15) is 19.8 Å². The molecule has 0 aromatic carbocycles. The Labute approximate surface area is 178 Å². The number of carbonyl (C=O) groups is 2. The Balaban J connectivity index is 1.55. The number of fused-ring (bicyclic) bond motifs is 5. The molecule has 3 saturated carbocycles. The molecule has 4 nitrogen and oxygen atoms in total. The highest BCUT2D eigenvalue weighted by atomic mass is 32.2. The first kappa shape index (κ1) is 21.6. The molecule has 0 bridgehead atoms. The van der Waals surface area contributed by atoms with Crippen LogP contribution < -0.4 is 0 Å². The number of carbonyl (C=O) groups excluding carboxylic acids is 2. The first-order valence-corrected chi connectivity index (χ1v) is 12.4. The number of hydrogen-bond donors (Lipinski definition) is 2. The van der Waals surface area contributed by atoms with Crippen molar-refractivity contribution in [1.82, 2.24) is 0 Å². The fourth-order valence-electron chi connectivity index (χ4n) is 7.61. The second-order valence-electron chi connectivity index (χ2n) is 10.5. The maximum absolute atomic E-state index is 13.1. The maximum atomic E-state index is 13.1. The van der Waals surface area contributed by atoms with Gasteiger partial charge in [-0.25, -0.2) is 0 Å². The van der Waals surface area contributed by atoms with Crippen LogP contribution in [-0.4, -0.2) is 38.6 Å². The molecular weight excluding hydrogens is 384 g/mol. The molecule has 2 N–H and O–H groups in total. The summed E-state index contributed by atoms with van der Waals surface area (Å²) >= 11 is 1.18. The fraction of sp³-hybridized carbons (Fsp3) is 0.833. The van der Waals surface area contributed by atoms with Gasteiger partial charge < -0.3 is 10.2 Å². The largest absolute Gasteiger partial charge is 0.393 e. The van der Waals surface area contributed by atoms with Gasteiger partial charge in [0.15, 0.2) is 10.9 Å². The zero-order valence-corrected chi connectivity index (χ0v) is 18.9. The molecule has 0 saturated heterocycles. The van der Waals surface area contributed by atoms with Crippen LogP contribution in [0.4, 0.5) is 0 Å². The third-order valence-electron chi connectivity index (χ3n) is 9.33. The van der Waals surface area contributed by atoms with Gasteiger partial charge in [0.1, 0.15) is 5.60 Å². The van der Waals surface area contributed by atoms with E-state index in [1.807, 2.05) is 0 Å². The predicted molar refractivity (Wildman–Crippen MR) is 115 cm³/mol. The van der Waals surface area contributed by atoms with Gasteiger partial charge in [0.05, 0.1) is 6.10 Å². The quantitative estimate of drug-likeness (QED) is 0.664. The summed E-state index contributed by atoms with van der Waals surface area (Å²) in [7, 11) is 0.